The number of amides is 1. The highest BCUT2D eigenvalue weighted by Gasteiger charge is 2.13. The number of ether oxygens (including phenoxy) is 1. The summed E-state index contributed by atoms with van der Waals surface area (Å²) >= 11 is 3.44. The molecule has 2 aromatic rings. The fourth-order valence-corrected chi connectivity index (χ4v) is 2.83. The molecular weight excluding hydrogens is 337 g/mol. The number of methoxy groups -OCH3 is 1. The summed E-state index contributed by atoms with van der Waals surface area (Å²) in [5.74, 6) is -0.773. The molecule has 0 fully saturated rings. The zero-order valence-corrected chi connectivity index (χ0v) is 13.5. The van der Waals surface area contributed by atoms with Gasteiger partial charge in [-0.1, -0.05) is 6.07 Å². The van der Waals surface area contributed by atoms with E-state index in [-0.39, 0.29) is 11.7 Å². The van der Waals surface area contributed by atoms with Crippen molar-refractivity contribution in [3.8, 4) is 5.75 Å². The van der Waals surface area contributed by atoms with Gasteiger partial charge in [-0.05, 0) is 65.2 Å². The number of benzene rings is 2. The number of rotatable bonds is 3. The fraction of sp³-hybridized carbons (Fsp3) is 0.188. The Kier molecular flexibility index (Phi) is 4.63. The number of anilines is 1. The Bertz CT molecular complexity index is 678. The van der Waals surface area contributed by atoms with Crippen LogP contribution in [0, 0.1) is 19.7 Å². The summed E-state index contributed by atoms with van der Waals surface area (Å²) in [5, 5.41) is 2.83. The Hall–Kier alpha value is -1.88. The average molecular weight is 352 g/mol. The molecule has 5 heteroatoms. The first-order valence-electron chi connectivity index (χ1n) is 6.34. The first kappa shape index (κ1) is 15.5. The third-order valence-corrected chi connectivity index (χ3v) is 3.71. The van der Waals surface area contributed by atoms with E-state index in [0.29, 0.717) is 11.3 Å². The summed E-state index contributed by atoms with van der Waals surface area (Å²) in [6.07, 6.45) is 0. The van der Waals surface area contributed by atoms with E-state index in [1.54, 1.807) is 0 Å². The average Bonchev–Trinajstić information content (AvgIpc) is 2.43. The molecule has 110 valence electrons. The lowest BCUT2D eigenvalue weighted by atomic mass is 10.1. The Balaban J connectivity index is 2.30. The van der Waals surface area contributed by atoms with E-state index in [0.717, 1.165) is 15.6 Å². The highest BCUT2D eigenvalue weighted by molar-refractivity contribution is 9.10. The molecule has 0 radical (unpaired) electrons. The lowest BCUT2D eigenvalue weighted by Gasteiger charge is -2.12. The standard InChI is InChI=1S/C16H15BrFNO2/c1-9-6-10(2)15(12(17)7-9)19-16(20)11-4-5-13(18)14(8-11)21-3/h4-8H,1-3H3,(H,19,20). The Labute approximate surface area is 131 Å². The third kappa shape index (κ3) is 3.42. The predicted octanol–water partition coefficient (Wildman–Crippen LogP) is 4.47. The molecule has 0 bridgehead atoms. The lowest BCUT2D eigenvalue weighted by Crippen LogP contribution is -2.13. The summed E-state index contributed by atoms with van der Waals surface area (Å²) in [5.41, 5.74) is 3.08. The molecule has 0 heterocycles. The van der Waals surface area contributed by atoms with Crippen molar-refractivity contribution in [3.63, 3.8) is 0 Å². The zero-order valence-electron chi connectivity index (χ0n) is 12.0. The van der Waals surface area contributed by atoms with Crippen LogP contribution in [-0.4, -0.2) is 13.0 Å². The monoisotopic (exact) mass is 351 g/mol. The Morgan fingerprint density at radius 3 is 2.57 bits per heavy atom. The molecule has 0 atom stereocenters. The van der Waals surface area contributed by atoms with Gasteiger partial charge in [-0.25, -0.2) is 4.39 Å². The number of carbonyl (C=O) groups is 1. The SMILES string of the molecule is COc1cc(C(=O)Nc2c(C)cc(C)cc2Br)ccc1F. The molecule has 0 aliphatic heterocycles. The van der Waals surface area contributed by atoms with E-state index in [9.17, 15) is 9.18 Å². The molecule has 0 saturated carbocycles. The topological polar surface area (TPSA) is 38.3 Å². The second-order valence-electron chi connectivity index (χ2n) is 4.74. The molecular formula is C16H15BrFNO2. The number of hydrogen-bond donors (Lipinski definition) is 1. The number of halogens is 2. The summed E-state index contributed by atoms with van der Waals surface area (Å²) in [7, 11) is 1.36. The summed E-state index contributed by atoms with van der Waals surface area (Å²) < 4.78 is 19.1. The highest BCUT2D eigenvalue weighted by atomic mass is 79.9. The van der Waals surface area contributed by atoms with Crippen LogP contribution in [-0.2, 0) is 0 Å². The van der Waals surface area contributed by atoms with Crippen LogP contribution in [0.15, 0.2) is 34.8 Å². The van der Waals surface area contributed by atoms with Gasteiger partial charge in [-0.15, -0.1) is 0 Å². The van der Waals surface area contributed by atoms with Crippen LogP contribution in [0.3, 0.4) is 0 Å². The van der Waals surface area contributed by atoms with Crippen LogP contribution in [0.5, 0.6) is 5.75 Å². The largest absolute Gasteiger partial charge is 0.494 e. The number of nitrogens with one attached hydrogen (secondary N) is 1. The van der Waals surface area contributed by atoms with Gasteiger partial charge in [0.15, 0.2) is 11.6 Å². The van der Waals surface area contributed by atoms with E-state index >= 15 is 0 Å². The molecule has 0 aliphatic rings. The Morgan fingerprint density at radius 2 is 1.95 bits per heavy atom. The molecule has 2 aromatic carbocycles. The van der Waals surface area contributed by atoms with Gasteiger partial charge in [0.05, 0.1) is 12.8 Å². The van der Waals surface area contributed by atoms with Gasteiger partial charge in [0.2, 0.25) is 0 Å². The first-order chi connectivity index (χ1) is 9.92. The molecule has 1 N–H and O–H groups in total. The van der Waals surface area contributed by atoms with Crippen LogP contribution in [0.25, 0.3) is 0 Å². The Morgan fingerprint density at radius 1 is 1.24 bits per heavy atom. The maximum atomic E-state index is 13.4. The van der Waals surface area contributed by atoms with Crippen molar-refractivity contribution >= 4 is 27.5 Å². The van der Waals surface area contributed by atoms with Gasteiger partial charge in [0.1, 0.15) is 0 Å². The minimum atomic E-state index is -0.498. The van der Waals surface area contributed by atoms with Crippen LogP contribution in [0.2, 0.25) is 0 Å². The number of carbonyl (C=O) groups excluding carboxylic acids is 1. The van der Waals surface area contributed by atoms with Gasteiger partial charge < -0.3 is 10.1 Å². The minimum Gasteiger partial charge on any atom is -0.494 e. The second kappa shape index (κ2) is 6.26. The van der Waals surface area contributed by atoms with E-state index < -0.39 is 5.82 Å². The predicted molar refractivity (Wildman–Crippen MR) is 84.5 cm³/mol. The molecule has 21 heavy (non-hydrogen) atoms. The minimum absolute atomic E-state index is 0.0438. The highest BCUT2D eigenvalue weighted by Crippen LogP contribution is 2.28. The number of aryl methyl sites for hydroxylation is 2. The molecule has 0 aliphatic carbocycles. The van der Waals surface area contributed by atoms with Crippen molar-refractivity contribution in [2.24, 2.45) is 0 Å². The smallest absolute Gasteiger partial charge is 0.255 e. The van der Waals surface area contributed by atoms with Crippen LogP contribution >= 0.6 is 15.9 Å². The quantitative estimate of drug-likeness (QED) is 0.885. The molecule has 1 amide bonds. The lowest BCUT2D eigenvalue weighted by molar-refractivity contribution is 0.102. The van der Waals surface area contributed by atoms with E-state index in [4.69, 9.17) is 4.74 Å². The van der Waals surface area contributed by atoms with Gasteiger partial charge in [-0.3, -0.25) is 4.79 Å². The van der Waals surface area contributed by atoms with Crippen LogP contribution in [0.1, 0.15) is 21.5 Å². The normalized spacial score (nSPS) is 10.3. The van der Waals surface area contributed by atoms with Crippen LogP contribution < -0.4 is 10.1 Å². The first-order valence-corrected chi connectivity index (χ1v) is 7.13. The maximum Gasteiger partial charge on any atom is 0.255 e. The van der Waals surface area contributed by atoms with Crippen molar-refractivity contribution < 1.29 is 13.9 Å². The van der Waals surface area contributed by atoms with Crippen molar-refractivity contribution in [1.29, 1.82) is 0 Å². The van der Waals surface area contributed by atoms with Gasteiger partial charge in [0.25, 0.3) is 5.91 Å². The summed E-state index contributed by atoms with van der Waals surface area (Å²) in [6, 6.07) is 7.91. The van der Waals surface area contributed by atoms with E-state index in [1.165, 1.54) is 25.3 Å². The van der Waals surface area contributed by atoms with Crippen molar-refractivity contribution in [1.82, 2.24) is 0 Å². The molecule has 0 unspecified atom stereocenters. The van der Waals surface area contributed by atoms with Crippen molar-refractivity contribution in [3.05, 3.63) is 57.3 Å². The molecule has 0 saturated heterocycles. The molecule has 0 aromatic heterocycles. The molecule has 3 nitrogen and oxygen atoms in total. The fourth-order valence-electron chi connectivity index (χ4n) is 2.06. The van der Waals surface area contributed by atoms with Gasteiger partial charge >= 0.3 is 0 Å². The zero-order chi connectivity index (χ0) is 15.6. The van der Waals surface area contributed by atoms with Gasteiger partial charge in [0, 0.05) is 10.0 Å². The van der Waals surface area contributed by atoms with Gasteiger partial charge in [-0.2, -0.15) is 0 Å². The maximum absolute atomic E-state index is 13.4. The van der Waals surface area contributed by atoms with Crippen molar-refractivity contribution in [2.45, 2.75) is 13.8 Å². The van der Waals surface area contributed by atoms with E-state index in [1.807, 2.05) is 26.0 Å². The molecule has 0 spiro atoms. The third-order valence-electron chi connectivity index (χ3n) is 3.08. The van der Waals surface area contributed by atoms with Crippen molar-refractivity contribution in [2.75, 3.05) is 12.4 Å². The van der Waals surface area contributed by atoms with Crippen LogP contribution in [0.4, 0.5) is 10.1 Å². The second-order valence-corrected chi connectivity index (χ2v) is 5.60. The number of hydrogen-bond acceptors (Lipinski definition) is 2. The summed E-state index contributed by atoms with van der Waals surface area (Å²) in [4.78, 5) is 12.3. The molecule has 2 rings (SSSR count). The van der Waals surface area contributed by atoms with E-state index in [2.05, 4.69) is 21.2 Å². The summed E-state index contributed by atoms with van der Waals surface area (Å²) in [6.45, 7) is 3.90.